The molecule has 2 atom stereocenters. The quantitative estimate of drug-likeness (QED) is 0.458. The minimum atomic E-state index is -0.566. The van der Waals surface area contributed by atoms with Crippen molar-refractivity contribution in [2.45, 2.75) is 52.6 Å². The first-order valence-corrected chi connectivity index (χ1v) is 8.81. The van der Waals surface area contributed by atoms with Gasteiger partial charge in [0.2, 0.25) is 0 Å². The highest BCUT2D eigenvalue weighted by Crippen LogP contribution is 2.13. The van der Waals surface area contributed by atoms with Crippen LogP contribution in [0.2, 0.25) is 0 Å². The third kappa shape index (κ3) is 7.98. The zero-order valence-electron chi connectivity index (χ0n) is 14.8. The summed E-state index contributed by atoms with van der Waals surface area (Å²) in [7, 11) is 0. The normalized spacial score (nSPS) is 14.3. The van der Waals surface area contributed by atoms with Gasteiger partial charge in [-0.2, -0.15) is 0 Å². The van der Waals surface area contributed by atoms with E-state index in [1.807, 2.05) is 19.1 Å². The van der Waals surface area contributed by atoms with Gasteiger partial charge in [0.15, 0.2) is 5.96 Å². The third-order valence-electron chi connectivity index (χ3n) is 3.95. The largest absolute Gasteiger partial charge is 0.387 e. The van der Waals surface area contributed by atoms with Gasteiger partial charge in [-0.3, -0.25) is 9.98 Å². The van der Waals surface area contributed by atoms with Crippen molar-refractivity contribution in [3.05, 3.63) is 30.1 Å². The van der Waals surface area contributed by atoms with Crippen LogP contribution in [0, 0.1) is 5.92 Å². The minimum absolute atomic E-state index is 0.432. The predicted molar refractivity (Wildman–Crippen MR) is 96.5 cm³/mol. The van der Waals surface area contributed by atoms with Crippen LogP contribution in [0.3, 0.4) is 0 Å². The molecule has 0 aliphatic carbocycles. The van der Waals surface area contributed by atoms with Crippen LogP contribution in [-0.2, 0) is 0 Å². The van der Waals surface area contributed by atoms with E-state index < -0.39 is 6.10 Å². The molecule has 1 aromatic rings. The van der Waals surface area contributed by atoms with Crippen molar-refractivity contribution in [3.8, 4) is 0 Å². The Hall–Kier alpha value is -1.62. The summed E-state index contributed by atoms with van der Waals surface area (Å²) in [6.07, 6.45) is 7.70. The van der Waals surface area contributed by atoms with Gasteiger partial charge < -0.3 is 15.7 Å². The zero-order chi connectivity index (χ0) is 16.9. The van der Waals surface area contributed by atoms with Crippen molar-refractivity contribution in [2.24, 2.45) is 10.9 Å². The van der Waals surface area contributed by atoms with Crippen molar-refractivity contribution >= 4 is 5.96 Å². The highest BCUT2D eigenvalue weighted by Gasteiger charge is 2.09. The highest BCUT2D eigenvalue weighted by molar-refractivity contribution is 5.79. The summed E-state index contributed by atoms with van der Waals surface area (Å²) in [4.78, 5) is 8.64. The van der Waals surface area contributed by atoms with Crippen LogP contribution in [-0.4, -0.2) is 35.7 Å². The van der Waals surface area contributed by atoms with Gasteiger partial charge in [-0.1, -0.05) is 33.1 Å². The maximum atomic E-state index is 10.2. The minimum Gasteiger partial charge on any atom is -0.387 e. The number of nitrogens with zero attached hydrogens (tertiary/aromatic N) is 2. The molecule has 0 amide bonds. The van der Waals surface area contributed by atoms with Crippen molar-refractivity contribution in [2.75, 3.05) is 19.6 Å². The van der Waals surface area contributed by atoms with Gasteiger partial charge in [0, 0.05) is 32.0 Å². The molecule has 0 aromatic carbocycles. The number of guanidine groups is 1. The molecular formula is C18H32N4O. The Morgan fingerprint density at radius 1 is 1.22 bits per heavy atom. The number of hydrogen-bond acceptors (Lipinski definition) is 3. The molecule has 0 radical (unpaired) electrons. The van der Waals surface area contributed by atoms with Crippen LogP contribution in [0.5, 0.6) is 0 Å². The first-order chi connectivity index (χ1) is 11.2. The predicted octanol–water partition coefficient (Wildman–Crippen LogP) is 2.89. The number of unbranched alkanes of at least 4 members (excludes halogenated alkanes) is 1. The van der Waals surface area contributed by atoms with Gasteiger partial charge in [0.1, 0.15) is 0 Å². The maximum absolute atomic E-state index is 10.2. The Kier molecular flexibility index (Phi) is 10.0. The summed E-state index contributed by atoms with van der Waals surface area (Å²) in [6.45, 7) is 8.57. The van der Waals surface area contributed by atoms with Crippen molar-refractivity contribution in [3.63, 3.8) is 0 Å². The SMILES string of the molecule is CCCCC(CC)CN=C(NCC)NCC(O)c1ccncc1. The topological polar surface area (TPSA) is 69.5 Å². The van der Waals surface area contributed by atoms with Gasteiger partial charge in [-0.25, -0.2) is 0 Å². The average molecular weight is 320 g/mol. The molecule has 130 valence electrons. The summed E-state index contributed by atoms with van der Waals surface area (Å²) in [5.74, 6) is 1.41. The molecule has 0 saturated heterocycles. The number of nitrogens with one attached hydrogen (secondary N) is 2. The van der Waals surface area contributed by atoms with Crippen LogP contribution in [0.4, 0.5) is 0 Å². The number of aliphatic hydroxyl groups excluding tert-OH is 1. The van der Waals surface area contributed by atoms with Gasteiger partial charge in [-0.15, -0.1) is 0 Å². The molecule has 2 unspecified atom stereocenters. The fourth-order valence-corrected chi connectivity index (χ4v) is 2.38. The summed E-state index contributed by atoms with van der Waals surface area (Å²) >= 11 is 0. The van der Waals surface area contributed by atoms with E-state index in [2.05, 4.69) is 34.5 Å². The summed E-state index contributed by atoms with van der Waals surface area (Å²) in [5, 5.41) is 16.7. The number of pyridine rings is 1. The number of rotatable bonds is 10. The number of hydrogen-bond donors (Lipinski definition) is 3. The maximum Gasteiger partial charge on any atom is 0.191 e. The molecule has 1 aromatic heterocycles. The molecular weight excluding hydrogens is 288 g/mol. The Labute approximate surface area is 140 Å². The second kappa shape index (κ2) is 11.9. The van der Waals surface area contributed by atoms with E-state index in [1.54, 1.807) is 12.4 Å². The molecule has 1 heterocycles. The monoisotopic (exact) mass is 320 g/mol. The fraction of sp³-hybridized carbons (Fsp3) is 0.667. The average Bonchev–Trinajstić information content (AvgIpc) is 2.60. The Morgan fingerprint density at radius 2 is 1.96 bits per heavy atom. The van der Waals surface area contributed by atoms with E-state index in [-0.39, 0.29) is 0 Å². The summed E-state index contributed by atoms with van der Waals surface area (Å²) in [5.41, 5.74) is 0.859. The van der Waals surface area contributed by atoms with Crippen LogP contribution >= 0.6 is 0 Å². The third-order valence-corrected chi connectivity index (χ3v) is 3.95. The Bertz CT molecular complexity index is 436. The molecule has 23 heavy (non-hydrogen) atoms. The summed E-state index contributed by atoms with van der Waals surface area (Å²) < 4.78 is 0. The van der Waals surface area contributed by atoms with E-state index in [9.17, 15) is 5.11 Å². The highest BCUT2D eigenvalue weighted by atomic mass is 16.3. The second-order valence-corrected chi connectivity index (χ2v) is 5.81. The molecule has 5 nitrogen and oxygen atoms in total. The lowest BCUT2D eigenvalue weighted by atomic mass is 10.00. The lowest BCUT2D eigenvalue weighted by molar-refractivity contribution is 0.180. The molecule has 1 rings (SSSR count). The molecule has 5 heteroatoms. The van der Waals surface area contributed by atoms with Gasteiger partial charge in [-0.05, 0) is 37.0 Å². The standard InChI is InChI=1S/C18H32N4O/c1-4-7-8-15(5-2)13-21-18(20-6-3)22-14-17(23)16-9-11-19-12-10-16/h9-12,15,17,23H,4-8,13-14H2,1-3H3,(H2,20,21,22). The second-order valence-electron chi connectivity index (χ2n) is 5.81. The van der Waals surface area contributed by atoms with E-state index in [0.29, 0.717) is 12.5 Å². The van der Waals surface area contributed by atoms with E-state index in [4.69, 9.17) is 0 Å². The first-order valence-electron chi connectivity index (χ1n) is 8.81. The van der Waals surface area contributed by atoms with Gasteiger partial charge in [0.25, 0.3) is 0 Å². The number of aliphatic hydroxyl groups is 1. The number of aliphatic imine (C=N–C) groups is 1. The summed E-state index contributed by atoms with van der Waals surface area (Å²) in [6, 6.07) is 3.66. The number of aromatic nitrogens is 1. The molecule has 0 aliphatic heterocycles. The van der Waals surface area contributed by atoms with Crippen LogP contribution in [0.1, 0.15) is 58.1 Å². The van der Waals surface area contributed by atoms with Crippen molar-refractivity contribution in [1.29, 1.82) is 0 Å². The van der Waals surface area contributed by atoms with E-state index >= 15 is 0 Å². The lowest BCUT2D eigenvalue weighted by Gasteiger charge is -2.17. The van der Waals surface area contributed by atoms with E-state index in [0.717, 1.165) is 31.0 Å². The first kappa shape index (κ1) is 19.4. The molecule has 0 bridgehead atoms. The van der Waals surface area contributed by atoms with Crippen molar-refractivity contribution in [1.82, 2.24) is 15.6 Å². The molecule has 3 N–H and O–H groups in total. The van der Waals surface area contributed by atoms with Gasteiger partial charge in [0.05, 0.1) is 6.10 Å². The fourth-order valence-electron chi connectivity index (χ4n) is 2.38. The van der Waals surface area contributed by atoms with Crippen LogP contribution in [0.25, 0.3) is 0 Å². The molecule has 0 saturated carbocycles. The molecule has 0 spiro atoms. The lowest BCUT2D eigenvalue weighted by Crippen LogP contribution is -2.39. The Morgan fingerprint density at radius 3 is 2.57 bits per heavy atom. The van der Waals surface area contributed by atoms with Crippen LogP contribution < -0.4 is 10.6 Å². The van der Waals surface area contributed by atoms with Gasteiger partial charge >= 0.3 is 0 Å². The van der Waals surface area contributed by atoms with E-state index in [1.165, 1.54) is 19.3 Å². The van der Waals surface area contributed by atoms with Crippen LogP contribution in [0.15, 0.2) is 29.5 Å². The zero-order valence-corrected chi connectivity index (χ0v) is 14.8. The smallest absolute Gasteiger partial charge is 0.191 e. The Balaban J connectivity index is 2.51. The molecule has 0 aliphatic rings. The van der Waals surface area contributed by atoms with Crippen molar-refractivity contribution < 1.29 is 5.11 Å². The molecule has 0 fully saturated rings.